The van der Waals surface area contributed by atoms with Gasteiger partial charge >= 0.3 is 5.97 Å². The molecule has 0 aromatic heterocycles. The van der Waals surface area contributed by atoms with Crippen LogP contribution in [0.4, 0.5) is 0 Å². The van der Waals surface area contributed by atoms with Crippen molar-refractivity contribution < 1.29 is 24.2 Å². The number of nitrogens with zero attached hydrogens (tertiary/aromatic N) is 1. The lowest BCUT2D eigenvalue weighted by Gasteiger charge is -2.37. The second-order valence-electron chi connectivity index (χ2n) is 5.48. The summed E-state index contributed by atoms with van der Waals surface area (Å²) in [6.45, 7) is 3.44. The molecular weight excluding hydrogens is 286 g/mol. The van der Waals surface area contributed by atoms with Gasteiger partial charge in [-0.1, -0.05) is 0 Å². The number of benzene rings is 1. The van der Waals surface area contributed by atoms with Crippen LogP contribution in [-0.2, 0) is 9.53 Å². The molecule has 1 N–H and O–H groups in total. The minimum absolute atomic E-state index is 0.0713. The third kappa shape index (κ3) is 4.46. The second kappa shape index (κ2) is 7.79. The number of aliphatic hydroxyl groups excluding tert-OH is 1. The Hall–Kier alpha value is -2.08. The number of amides is 1. The molecule has 6 nitrogen and oxygen atoms in total. The van der Waals surface area contributed by atoms with Crippen LogP contribution in [0.1, 0.15) is 30.6 Å². The summed E-state index contributed by atoms with van der Waals surface area (Å²) < 4.78 is 9.67. The highest BCUT2D eigenvalue weighted by atomic mass is 16.5. The van der Waals surface area contributed by atoms with Gasteiger partial charge in [-0.2, -0.15) is 0 Å². The lowest BCUT2D eigenvalue weighted by atomic mass is 10.0. The van der Waals surface area contributed by atoms with Crippen molar-refractivity contribution in [3.05, 3.63) is 29.8 Å². The van der Waals surface area contributed by atoms with Gasteiger partial charge in [-0.3, -0.25) is 9.59 Å². The van der Waals surface area contributed by atoms with Crippen LogP contribution in [0.3, 0.4) is 0 Å². The van der Waals surface area contributed by atoms with Gasteiger partial charge in [-0.15, -0.1) is 0 Å². The zero-order valence-electron chi connectivity index (χ0n) is 13.5. The molecule has 0 aliphatic carbocycles. The maximum atomic E-state index is 12.7. The van der Waals surface area contributed by atoms with Crippen LogP contribution >= 0.6 is 0 Å². The van der Waals surface area contributed by atoms with Crippen LogP contribution in [0, 0.1) is 0 Å². The largest absolute Gasteiger partial charge is 0.497 e. The molecule has 0 spiro atoms. The predicted molar refractivity (Wildman–Crippen MR) is 81.8 cm³/mol. The van der Waals surface area contributed by atoms with E-state index >= 15 is 0 Å². The highest BCUT2D eigenvalue weighted by molar-refractivity contribution is 5.95. The Kier molecular flexibility index (Phi) is 6.37. The average molecular weight is 309 g/mol. The molecule has 0 saturated heterocycles. The van der Waals surface area contributed by atoms with Crippen molar-refractivity contribution in [1.82, 2.24) is 4.90 Å². The Morgan fingerprint density at radius 2 is 1.77 bits per heavy atom. The summed E-state index contributed by atoms with van der Waals surface area (Å²) in [5.41, 5.74) is -0.322. The summed E-state index contributed by atoms with van der Waals surface area (Å²) in [5, 5.41) is 9.53. The van der Waals surface area contributed by atoms with Gasteiger partial charge in [-0.25, -0.2) is 0 Å². The maximum Gasteiger partial charge on any atom is 0.307 e. The van der Waals surface area contributed by atoms with Gasteiger partial charge in [0, 0.05) is 12.1 Å². The van der Waals surface area contributed by atoms with Crippen LogP contribution in [0.5, 0.6) is 5.75 Å². The predicted octanol–water partition coefficient (Wildman–Crippen LogP) is 1.47. The van der Waals surface area contributed by atoms with E-state index in [1.807, 2.05) is 0 Å². The van der Waals surface area contributed by atoms with Crippen molar-refractivity contribution in [2.45, 2.75) is 25.8 Å². The first-order valence-electron chi connectivity index (χ1n) is 6.99. The molecule has 0 bridgehead atoms. The number of methoxy groups -OCH3 is 2. The summed E-state index contributed by atoms with van der Waals surface area (Å²) in [4.78, 5) is 25.5. The molecule has 0 aliphatic heterocycles. The number of hydrogen-bond donors (Lipinski definition) is 1. The molecule has 0 fully saturated rings. The maximum absolute atomic E-state index is 12.7. The van der Waals surface area contributed by atoms with Crippen LogP contribution in [-0.4, -0.2) is 54.8 Å². The number of carbonyl (C=O) groups excluding carboxylic acids is 2. The van der Waals surface area contributed by atoms with Gasteiger partial charge in [0.05, 0.1) is 32.8 Å². The molecule has 1 aromatic carbocycles. The SMILES string of the molecule is COC(=O)CCN(C(=O)c1ccc(OC)cc1)C(C)(C)CO. The molecule has 0 unspecified atom stereocenters. The van der Waals surface area contributed by atoms with E-state index in [1.54, 1.807) is 45.2 Å². The minimum Gasteiger partial charge on any atom is -0.497 e. The molecule has 0 aliphatic rings. The molecule has 0 heterocycles. The third-order valence-electron chi connectivity index (χ3n) is 3.47. The minimum atomic E-state index is -0.787. The van der Waals surface area contributed by atoms with Crippen molar-refractivity contribution in [2.24, 2.45) is 0 Å². The fourth-order valence-electron chi connectivity index (χ4n) is 1.96. The van der Waals surface area contributed by atoms with E-state index < -0.39 is 11.5 Å². The van der Waals surface area contributed by atoms with E-state index in [2.05, 4.69) is 4.74 Å². The highest BCUT2D eigenvalue weighted by Gasteiger charge is 2.31. The summed E-state index contributed by atoms with van der Waals surface area (Å²) in [7, 11) is 2.85. The van der Waals surface area contributed by atoms with E-state index in [-0.39, 0.29) is 25.5 Å². The quantitative estimate of drug-likeness (QED) is 0.772. The van der Waals surface area contributed by atoms with Crippen LogP contribution in [0.25, 0.3) is 0 Å². The fraction of sp³-hybridized carbons (Fsp3) is 0.500. The second-order valence-corrected chi connectivity index (χ2v) is 5.48. The number of ether oxygens (including phenoxy) is 2. The van der Waals surface area contributed by atoms with Crippen molar-refractivity contribution in [3.63, 3.8) is 0 Å². The topological polar surface area (TPSA) is 76.1 Å². The van der Waals surface area contributed by atoms with Crippen molar-refractivity contribution in [2.75, 3.05) is 27.4 Å². The number of esters is 1. The zero-order chi connectivity index (χ0) is 16.8. The van der Waals surface area contributed by atoms with Crippen LogP contribution < -0.4 is 4.74 Å². The normalized spacial score (nSPS) is 11.0. The smallest absolute Gasteiger partial charge is 0.307 e. The van der Waals surface area contributed by atoms with Gasteiger partial charge in [0.15, 0.2) is 0 Å². The monoisotopic (exact) mass is 309 g/mol. The van der Waals surface area contributed by atoms with Gasteiger partial charge < -0.3 is 19.5 Å². The molecule has 1 rings (SSSR count). The molecule has 6 heteroatoms. The van der Waals surface area contributed by atoms with Crippen molar-refractivity contribution >= 4 is 11.9 Å². The molecule has 0 radical (unpaired) electrons. The van der Waals surface area contributed by atoms with Crippen molar-refractivity contribution in [1.29, 1.82) is 0 Å². The number of rotatable bonds is 7. The molecule has 22 heavy (non-hydrogen) atoms. The Labute approximate surface area is 130 Å². The standard InChI is InChI=1S/C16H23NO5/c1-16(2,11-18)17(10-9-14(19)22-4)15(20)12-5-7-13(21-3)8-6-12/h5-8,18H,9-11H2,1-4H3. The Morgan fingerprint density at radius 1 is 1.18 bits per heavy atom. The molecule has 1 aromatic rings. The molecule has 0 saturated carbocycles. The summed E-state index contributed by atoms with van der Waals surface area (Å²) in [6, 6.07) is 6.69. The lowest BCUT2D eigenvalue weighted by molar-refractivity contribution is -0.141. The van der Waals surface area contributed by atoms with Crippen molar-refractivity contribution in [3.8, 4) is 5.75 Å². The first-order chi connectivity index (χ1) is 10.4. The van der Waals surface area contributed by atoms with Gasteiger partial charge in [0.2, 0.25) is 0 Å². The summed E-state index contributed by atoms with van der Waals surface area (Å²) in [6.07, 6.45) is 0.0713. The van der Waals surface area contributed by atoms with Gasteiger partial charge in [-0.05, 0) is 38.1 Å². The number of hydrogen-bond acceptors (Lipinski definition) is 5. The summed E-state index contributed by atoms with van der Waals surface area (Å²) in [5.74, 6) is -0.00837. The highest BCUT2D eigenvalue weighted by Crippen LogP contribution is 2.20. The zero-order valence-corrected chi connectivity index (χ0v) is 13.5. The number of aliphatic hydroxyl groups is 1. The average Bonchev–Trinajstić information content (AvgIpc) is 2.54. The molecule has 1 amide bonds. The Morgan fingerprint density at radius 3 is 2.23 bits per heavy atom. The Bertz CT molecular complexity index is 510. The van der Waals surface area contributed by atoms with Crippen LogP contribution in [0.2, 0.25) is 0 Å². The molecule has 122 valence electrons. The summed E-state index contributed by atoms with van der Waals surface area (Å²) >= 11 is 0. The van der Waals surface area contributed by atoms with E-state index in [4.69, 9.17) is 4.74 Å². The van der Waals surface area contributed by atoms with E-state index in [0.717, 1.165) is 0 Å². The third-order valence-corrected chi connectivity index (χ3v) is 3.47. The van der Waals surface area contributed by atoms with E-state index in [1.165, 1.54) is 12.0 Å². The Balaban J connectivity index is 2.97. The van der Waals surface area contributed by atoms with Gasteiger partial charge in [0.25, 0.3) is 5.91 Å². The van der Waals surface area contributed by atoms with E-state index in [9.17, 15) is 14.7 Å². The molecule has 0 atom stereocenters. The first kappa shape index (κ1) is 18.0. The van der Waals surface area contributed by atoms with E-state index in [0.29, 0.717) is 11.3 Å². The lowest BCUT2D eigenvalue weighted by Crippen LogP contribution is -2.51. The number of carbonyl (C=O) groups is 2. The van der Waals surface area contributed by atoms with Gasteiger partial charge in [0.1, 0.15) is 5.75 Å². The fourth-order valence-corrected chi connectivity index (χ4v) is 1.96. The molecular formula is C16H23NO5. The van der Waals surface area contributed by atoms with Crippen LogP contribution in [0.15, 0.2) is 24.3 Å². The first-order valence-corrected chi connectivity index (χ1v) is 6.99.